The third kappa shape index (κ3) is 3.08. The van der Waals surface area contributed by atoms with Crippen LogP contribution in [0.2, 0.25) is 5.22 Å². The van der Waals surface area contributed by atoms with Crippen LogP contribution < -0.4 is 0 Å². The zero-order chi connectivity index (χ0) is 15.7. The fraction of sp³-hybridized carbons (Fsp3) is 0.467. The normalized spacial score (nSPS) is 17.3. The Morgan fingerprint density at radius 3 is 2.73 bits per heavy atom. The second-order valence-electron chi connectivity index (χ2n) is 5.04. The lowest BCUT2D eigenvalue weighted by molar-refractivity contribution is -0.0414. The molecule has 0 bridgehead atoms. The summed E-state index contributed by atoms with van der Waals surface area (Å²) in [5.41, 5.74) is 1.36. The number of hydrogen-bond donors (Lipinski definition) is 2. The Bertz CT molecular complexity index is 644. The molecule has 0 radical (unpaired) electrons. The van der Waals surface area contributed by atoms with Crippen molar-refractivity contribution in [1.29, 1.82) is 0 Å². The van der Waals surface area contributed by atoms with Crippen LogP contribution in [0.15, 0.2) is 16.5 Å². The quantitative estimate of drug-likeness (QED) is 0.872. The van der Waals surface area contributed by atoms with E-state index in [4.69, 9.17) is 30.6 Å². The molecule has 2 aromatic heterocycles. The largest absolute Gasteiger partial charge is 0.449 e. The number of halogens is 1. The molecule has 3 rings (SSSR count). The molecular weight excluding hydrogens is 328 g/mol. The van der Waals surface area contributed by atoms with Crippen molar-refractivity contribution in [1.82, 2.24) is 0 Å². The number of furan rings is 1. The summed E-state index contributed by atoms with van der Waals surface area (Å²) in [4.78, 5) is 1.91. The third-order valence-electron chi connectivity index (χ3n) is 3.57. The van der Waals surface area contributed by atoms with Gasteiger partial charge in [-0.1, -0.05) is 0 Å². The van der Waals surface area contributed by atoms with Gasteiger partial charge in [-0.25, -0.2) is 0 Å². The zero-order valence-electron chi connectivity index (χ0n) is 12.0. The van der Waals surface area contributed by atoms with Gasteiger partial charge in [0.25, 0.3) is 0 Å². The van der Waals surface area contributed by atoms with Crippen LogP contribution in [0.5, 0.6) is 0 Å². The van der Waals surface area contributed by atoms with Gasteiger partial charge in [-0.05, 0) is 30.2 Å². The van der Waals surface area contributed by atoms with Crippen molar-refractivity contribution < 1.29 is 24.1 Å². The van der Waals surface area contributed by atoms with Gasteiger partial charge in [0.05, 0.1) is 24.7 Å². The van der Waals surface area contributed by atoms with Crippen LogP contribution in [0.3, 0.4) is 0 Å². The van der Waals surface area contributed by atoms with Gasteiger partial charge in [0.2, 0.25) is 0 Å². The third-order valence-corrected chi connectivity index (χ3v) is 4.84. The number of thiophene rings is 1. The van der Waals surface area contributed by atoms with Crippen LogP contribution in [0.1, 0.15) is 39.0 Å². The van der Waals surface area contributed by atoms with Crippen molar-refractivity contribution in [3.63, 3.8) is 0 Å². The fourth-order valence-corrected chi connectivity index (χ4v) is 3.81. The van der Waals surface area contributed by atoms with Gasteiger partial charge in [0, 0.05) is 22.9 Å². The molecule has 1 saturated heterocycles. The smallest absolute Gasteiger partial charge is 0.193 e. The summed E-state index contributed by atoms with van der Waals surface area (Å²) in [6.07, 6.45) is -0.900. The van der Waals surface area contributed by atoms with Crippen LogP contribution >= 0.6 is 22.9 Å². The van der Waals surface area contributed by atoms with Crippen LogP contribution in [-0.2, 0) is 15.9 Å². The molecule has 0 spiro atoms. The summed E-state index contributed by atoms with van der Waals surface area (Å²) in [5.74, 6) is 0.500. The van der Waals surface area contributed by atoms with Gasteiger partial charge in [0.15, 0.2) is 11.5 Å². The first kappa shape index (κ1) is 16.0. The van der Waals surface area contributed by atoms with Gasteiger partial charge in [0.1, 0.15) is 11.9 Å². The standard InChI is InChI=1S/C15H17ClO5S/c1-8-9(6-12(22-8)15-19-4-5-20-15)14(18)10-7-13(16)21-11(10)2-3-17/h6-7,14-15,17-18H,2-5H2,1H3. The van der Waals surface area contributed by atoms with Crippen LogP contribution in [0.4, 0.5) is 0 Å². The molecule has 0 saturated carbocycles. The minimum absolute atomic E-state index is 0.0683. The summed E-state index contributed by atoms with van der Waals surface area (Å²) in [5, 5.41) is 20.0. The molecule has 0 aromatic carbocycles. The van der Waals surface area contributed by atoms with Crippen LogP contribution in [0.25, 0.3) is 0 Å². The van der Waals surface area contributed by atoms with Crippen molar-refractivity contribution in [2.75, 3.05) is 19.8 Å². The van der Waals surface area contributed by atoms with E-state index in [0.29, 0.717) is 31.0 Å². The predicted molar refractivity (Wildman–Crippen MR) is 82.3 cm³/mol. The Morgan fingerprint density at radius 1 is 1.32 bits per heavy atom. The second kappa shape index (κ2) is 6.70. The van der Waals surface area contributed by atoms with E-state index in [1.807, 2.05) is 13.0 Å². The number of aryl methyl sites for hydroxylation is 1. The predicted octanol–water partition coefficient (Wildman–Crippen LogP) is 2.96. The van der Waals surface area contributed by atoms with E-state index >= 15 is 0 Å². The Labute approximate surface area is 137 Å². The minimum Gasteiger partial charge on any atom is -0.449 e. The minimum atomic E-state index is -0.857. The zero-order valence-corrected chi connectivity index (χ0v) is 13.6. The molecule has 1 aliphatic heterocycles. The lowest BCUT2D eigenvalue weighted by Gasteiger charge is -2.10. The average Bonchev–Trinajstić information content (AvgIpc) is 3.18. The Balaban J connectivity index is 1.90. The lowest BCUT2D eigenvalue weighted by Crippen LogP contribution is -2.03. The van der Waals surface area contributed by atoms with E-state index in [2.05, 4.69) is 0 Å². The Hall–Kier alpha value is -0.890. The van der Waals surface area contributed by atoms with E-state index in [-0.39, 0.29) is 18.1 Å². The van der Waals surface area contributed by atoms with Crippen LogP contribution in [-0.4, -0.2) is 30.0 Å². The maximum absolute atomic E-state index is 10.7. The molecule has 3 heterocycles. The molecule has 22 heavy (non-hydrogen) atoms. The lowest BCUT2D eigenvalue weighted by atomic mass is 10.0. The molecule has 2 N–H and O–H groups in total. The molecular formula is C15H17ClO5S. The highest BCUT2D eigenvalue weighted by Gasteiger charge is 2.26. The number of ether oxygens (including phenoxy) is 2. The van der Waals surface area contributed by atoms with Gasteiger partial charge in [-0.3, -0.25) is 0 Å². The molecule has 5 nitrogen and oxygen atoms in total. The monoisotopic (exact) mass is 344 g/mol. The summed E-state index contributed by atoms with van der Waals surface area (Å²) in [6.45, 7) is 3.03. The van der Waals surface area contributed by atoms with E-state index in [1.54, 1.807) is 6.07 Å². The molecule has 1 aliphatic rings. The summed E-state index contributed by atoms with van der Waals surface area (Å²) in [7, 11) is 0. The van der Waals surface area contributed by atoms with Crippen LogP contribution in [0, 0.1) is 6.92 Å². The highest BCUT2D eigenvalue weighted by molar-refractivity contribution is 7.12. The van der Waals surface area contributed by atoms with Gasteiger partial charge in [-0.2, -0.15) is 0 Å². The highest BCUT2D eigenvalue weighted by atomic mass is 35.5. The van der Waals surface area contributed by atoms with Gasteiger partial charge in [-0.15, -0.1) is 11.3 Å². The topological polar surface area (TPSA) is 72.1 Å². The van der Waals surface area contributed by atoms with Crippen molar-refractivity contribution in [2.45, 2.75) is 25.7 Å². The van der Waals surface area contributed by atoms with E-state index in [1.165, 1.54) is 11.3 Å². The maximum Gasteiger partial charge on any atom is 0.193 e. The first-order valence-corrected chi connectivity index (χ1v) is 8.20. The van der Waals surface area contributed by atoms with Gasteiger partial charge < -0.3 is 24.1 Å². The van der Waals surface area contributed by atoms with E-state index in [9.17, 15) is 5.11 Å². The number of aliphatic hydroxyl groups excluding tert-OH is 2. The summed E-state index contributed by atoms with van der Waals surface area (Å²) < 4.78 is 16.3. The molecule has 120 valence electrons. The summed E-state index contributed by atoms with van der Waals surface area (Å²) in [6, 6.07) is 3.49. The van der Waals surface area contributed by atoms with Crippen molar-refractivity contribution in [3.8, 4) is 0 Å². The van der Waals surface area contributed by atoms with Crippen molar-refractivity contribution in [3.05, 3.63) is 44.0 Å². The summed E-state index contributed by atoms with van der Waals surface area (Å²) >= 11 is 7.42. The molecule has 2 aromatic rings. The molecule has 7 heteroatoms. The highest BCUT2D eigenvalue weighted by Crippen LogP contribution is 2.38. The average molecular weight is 345 g/mol. The maximum atomic E-state index is 10.7. The van der Waals surface area contributed by atoms with Gasteiger partial charge >= 0.3 is 0 Å². The first-order chi connectivity index (χ1) is 10.6. The fourth-order valence-electron chi connectivity index (χ4n) is 2.54. The van der Waals surface area contributed by atoms with Crippen molar-refractivity contribution in [2.24, 2.45) is 0 Å². The molecule has 1 unspecified atom stereocenters. The Kier molecular flexibility index (Phi) is 4.87. The molecule has 0 aliphatic carbocycles. The van der Waals surface area contributed by atoms with E-state index < -0.39 is 6.10 Å². The second-order valence-corrected chi connectivity index (χ2v) is 6.70. The van der Waals surface area contributed by atoms with Crippen molar-refractivity contribution >= 4 is 22.9 Å². The molecule has 1 atom stereocenters. The molecule has 1 fully saturated rings. The first-order valence-electron chi connectivity index (χ1n) is 7.00. The SMILES string of the molecule is Cc1sc(C2OCCO2)cc1C(O)c1cc(Cl)oc1CCO. The number of rotatable bonds is 5. The Morgan fingerprint density at radius 2 is 2.05 bits per heavy atom. The van der Waals surface area contributed by atoms with E-state index in [0.717, 1.165) is 15.3 Å². The number of aliphatic hydroxyl groups is 2. The molecule has 0 amide bonds. The number of hydrogen-bond acceptors (Lipinski definition) is 6.